The minimum atomic E-state index is -1.03. The Morgan fingerprint density at radius 2 is 2.00 bits per heavy atom. The molecular formula is C10H7N3O2. The normalized spacial score (nSPS) is 7.67. The third kappa shape index (κ3) is 4.29. The van der Waals surface area contributed by atoms with Crippen LogP contribution < -0.4 is 0 Å². The molecule has 5 nitrogen and oxygen atoms in total. The zero-order chi connectivity index (χ0) is 11.7. The second kappa shape index (κ2) is 6.92. The first-order valence-corrected chi connectivity index (χ1v) is 4.02. The quantitative estimate of drug-likeness (QED) is 0.291. The second-order valence-electron chi connectivity index (χ2n) is 2.25. The van der Waals surface area contributed by atoms with Crippen molar-refractivity contribution in [2.45, 2.75) is 6.92 Å². The summed E-state index contributed by atoms with van der Waals surface area (Å²) in [6.07, 6.45) is 1.05. The van der Waals surface area contributed by atoms with E-state index in [2.05, 4.69) is 10.5 Å². The summed E-state index contributed by atoms with van der Waals surface area (Å²) in [4.78, 5) is 11.0. The van der Waals surface area contributed by atoms with E-state index in [4.69, 9.17) is 15.8 Å². The molecule has 74 valence electrons. The molecule has 0 aromatic rings. The summed E-state index contributed by atoms with van der Waals surface area (Å²) in [5.41, 5.74) is 1.91. The second-order valence-corrected chi connectivity index (χ2v) is 2.25. The Labute approximate surface area is 87.1 Å². The number of hydrogen-bond acceptors (Lipinski definition) is 5. The van der Waals surface area contributed by atoms with E-state index in [9.17, 15) is 4.79 Å². The number of ether oxygens (including phenoxy) is 1. The first-order chi connectivity index (χ1) is 7.19. The lowest BCUT2D eigenvalue weighted by atomic mass is 10.2. The number of hydrogen-bond donors (Lipinski definition) is 0. The minimum absolute atomic E-state index is 0.144. The molecule has 0 fully saturated rings. The highest BCUT2D eigenvalue weighted by molar-refractivity contribution is 5.92. The number of carbonyl (C=O) groups excluding carboxylic acids is 1. The van der Waals surface area contributed by atoms with Gasteiger partial charge < -0.3 is 4.74 Å². The molecule has 0 amide bonds. The fourth-order valence-corrected chi connectivity index (χ4v) is 0.610. The molecule has 0 unspecified atom stereocenters. The Kier molecular flexibility index (Phi) is 5.75. The van der Waals surface area contributed by atoms with E-state index in [-0.39, 0.29) is 12.2 Å². The smallest absolute Gasteiger partial charge is 0.356 e. The van der Waals surface area contributed by atoms with Crippen LogP contribution in [0.25, 0.3) is 0 Å². The van der Waals surface area contributed by atoms with Crippen molar-refractivity contribution < 1.29 is 9.53 Å². The van der Waals surface area contributed by atoms with Crippen molar-refractivity contribution in [3.05, 3.63) is 17.4 Å². The van der Waals surface area contributed by atoms with Crippen LogP contribution in [0.15, 0.2) is 17.4 Å². The highest BCUT2D eigenvalue weighted by Crippen LogP contribution is 1.97. The number of nitriles is 3. The summed E-state index contributed by atoms with van der Waals surface area (Å²) < 4.78 is 4.55. The molecule has 0 atom stereocenters. The van der Waals surface area contributed by atoms with Gasteiger partial charge in [-0.3, -0.25) is 0 Å². The van der Waals surface area contributed by atoms with Crippen LogP contribution in [-0.2, 0) is 9.53 Å². The molecule has 0 N–H and O–H groups in total. The van der Waals surface area contributed by atoms with Gasteiger partial charge in [0.25, 0.3) is 0 Å². The number of carbonyl (C=O) groups is 1. The lowest BCUT2D eigenvalue weighted by molar-refractivity contribution is -0.137. The van der Waals surface area contributed by atoms with Crippen LogP contribution in [0.2, 0.25) is 0 Å². The monoisotopic (exact) mass is 201 g/mol. The zero-order valence-corrected chi connectivity index (χ0v) is 8.02. The highest BCUT2D eigenvalue weighted by Gasteiger charge is 2.08. The van der Waals surface area contributed by atoms with Gasteiger partial charge in [-0.05, 0) is 13.0 Å². The van der Waals surface area contributed by atoms with Crippen molar-refractivity contribution in [1.29, 1.82) is 15.8 Å². The van der Waals surface area contributed by atoms with Gasteiger partial charge in [0.15, 0.2) is 11.5 Å². The lowest BCUT2D eigenvalue weighted by Gasteiger charge is -1.95. The maximum absolute atomic E-state index is 11.0. The van der Waals surface area contributed by atoms with Gasteiger partial charge >= 0.3 is 5.97 Å². The van der Waals surface area contributed by atoms with E-state index in [0.29, 0.717) is 0 Å². The van der Waals surface area contributed by atoms with Crippen molar-refractivity contribution >= 4 is 5.97 Å². The van der Waals surface area contributed by atoms with Gasteiger partial charge in [0, 0.05) is 0 Å². The molecule has 0 radical (unpaired) electrons. The van der Waals surface area contributed by atoms with Crippen molar-refractivity contribution in [1.82, 2.24) is 0 Å². The summed E-state index contributed by atoms with van der Waals surface area (Å²) in [6.45, 7) is 1.75. The molecule has 0 heterocycles. The molecule has 0 aliphatic carbocycles. The number of nitrogens with zero attached hydrogens (tertiary/aromatic N) is 3. The van der Waals surface area contributed by atoms with Gasteiger partial charge in [-0.1, -0.05) is 5.73 Å². The van der Waals surface area contributed by atoms with E-state index in [0.717, 1.165) is 6.08 Å². The van der Waals surface area contributed by atoms with Crippen molar-refractivity contribution in [3.8, 4) is 18.2 Å². The maximum atomic E-state index is 11.0. The molecule has 15 heavy (non-hydrogen) atoms. The van der Waals surface area contributed by atoms with E-state index in [1.54, 1.807) is 25.1 Å². The summed E-state index contributed by atoms with van der Waals surface area (Å²) in [7, 11) is 0. The average molecular weight is 201 g/mol. The third-order valence-corrected chi connectivity index (χ3v) is 1.26. The van der Waals surface area contributed by atoms with Gasteiger partial charge in [-0.25, -0.2) is 4.79 Å². The predicted octanol–water partition coefficient (Wildman–Crippen LogP) is 0.818. The molecule has 0 aromatic carbocycles. The van der Waals surface area contributed by atoms with E-state index < -0.39 is 11.9 Å². The summed E-state index contributed by atoms with van der Waals surface area (Å²) in [5, 5.41) is 25.3. The Morgan fingerprint density at radius 1 is 1.40 bits per heavy atom. The predicted molar refractivity (Wildman–Crippen MR) is 48.6 cm³/mol. The lowest BCUT2D eigenvalue weighted by Crippen LogP contribution is -2.05. The average Bonchev–Trinajstić information content (AvgIpc) is 2.25. The summed E-state index contributed by atoms with van der Waals surface area (Å²) >= 11 is 0. The zero-order valence-electron chi connectivity index (χ0n) is 8.02. The van der Waals surface area contributed by atoms with Crippen molar-refractivity contribution in [2.24, 2.45) is 5.92 Å². The molecule has 0 aliphatic rings. The van der Waals surface area contributed by atoms with E-state index >= 15 is 0 Å². The van der Waals surface area contributed by atoms with Crippen molar-refractivity contribution in [2.75, 3.05) is 6.61 Å². The van der Waals surface area contributed by atoms with Gasteiger partial charge in [0.05, 0.1) is 18.7 Å². The molecule has 0 rings (SSSR count). The van der Waals surface area contributed by atoms with Crippen LogP contribution in [0.5, 0.6) is 0 Å². The molecular weight excluding hydrogens is 194 g/mol. The Bertz CT molecular complexity index is 411. The Balaban J connectivity index is 4.93. The first-order valence-electron chi connectivity index (χ1n) is 4.02. The number of rotatable bonds is 3. The molecule has 0 bridgehead atoms. The summed E-state index contributed by atoms with van der Waals surface area (Å²) in [6, 6.07) is 4.87. The highest BCUT2D eigenvalue weighted by atomic mass is 16.5. The molecule has 5 heteroatoms. The van der Waals surface area contributed by atoms with Crippen LogP contribution in [-0.4, -0.2) is 12.6 Å². The maximum Gasteiger partial charge on any atom is 0.356 e. The topological polar surface area (TPSA) is 97.7 Å². The number of esters is 1. The third-order valence-electron chi connectivity index (χ3n) is 1.26. The van der Waals surface area contributed by atoms with Crippen LogP contribution in [0.3, 0.4) is 0 Å². The van der Waals surface area contributed by atoms with Gasteiger partial charge in [0.2, 0.25) is 0 Å². The standard InChI is InChI=1S/C10H7N3O2/c1-2-15-10(14)9(7-13)4-3-8(5-11)6-12/h3,8H,2H2,1H3. The fraction of sp³-hybridized carbons (Fsp3) is 0.300. The van der Waals surface area contributed by atoms with Gasteiger partial charge in [-0.2, -0.15) is 15.8 Å². The fourth-order valence-electron chi connectivity index (χ4n) is 0.610. The van der Waals surface area contributed by atoms with Crippen LogP contribution in [0.4, 0.5) is 0 Å². The van der Waals surface area contributed by atoms with Crippen LogP contribution in [0.1, 0.15) is 6.92 Å². The summed E-state index contributed by atoms with van der Waals surface area (Å²) in [5.74, 6) is -1.84. The first kappa shape index (κ1) is 12.5. The minimum Gasteiger partial charge on any atom is -0.461 e. The van der Waals surface area contributed by atoms with Crippen LogP contribution in [0, 0.1) is 39.9 Å². The molecule has 0 saturated heterocycles. The SMILES string of the molecule is CCOC(=O)C(=C=CC(C#N)C#N)C#N. The Hall–Kier alpha value is -2.54. The largest absolute Gasteiger partial charge is 0.461 e. The van der Waals surface area contributed by atoms with Crippen molar-refractivity contribution in [3.63, 3.8) is 0 Å². The molecule has 0 spiro atoms. The molecule has 0 saturated carbocycles. The molecule has 0 aromatic heterocycles. The Morgan fingerprint density at radius 3 is 2.40 bits per heavy atom. The van der Waals surface area contributed by atoms with Gasteiger partial charge in [0.1, 0.15) is 6.07 Å². The van der Waals surface area contributed by atoms with E-state index in [1.165, 1.54) is 0 Å². The van der Waals surface area contributed by atoms with Crippen LogP contribution >= 0.6 is 0 Å². The van der Waals surface area contributed by atoms with E-state index in [1.807, 2.05) is 0 Å². The molecule has 0 aliphatic heterocycles. The van der Waals surface area contributed by atoms with Gasteiger partial charge in [-0.15, -0.1) is 0 Å².